The van der Waals surface area contributed by atoms with Crippen molar-refractivity contribution in [2.75, 3.05) is 4.72 Å². The van der Waals surface area contributed by atoms with Gasteiger partial charge in [-0.3, -0.25) is 18.9 Å². The number of sulfonamides is 1. The number of guanidine groups is 1. The molecule has 13 heteroatoms. The highest BCUT2D eigenvalue weighted by molar-refractivity contribution is 7.92. The number of carbonyl (C=O) groups excluding carboxylic acids is 1. The number of aromatic nitrogens is 1. The number of anilines is 1. The fourth-order valence-electron chi connectivity index (χ4n) is 2.68. The molecule has 2 unspecified atom stereocenters. The van der Waals surface area contributed by atoms with Gasteiger partial charge in [-0.25, -0.2) is 12.8 Å². The summed E-state index contributed by atoms with van der Waals surface area (Å²) in [5.74, 6) is -2.12. The summed E-state index contributed by atoms with van der Waals surface area (Å²) in [4.78, 5) is 29.6. The van der Waals surface area contributed by atoms with Crippen molar-refractivity contribution >= 4 is 27.6 Å². The zero-order valence-corrected chi connectivity index (χ0v) is 16.9. The molecule has 7 N–H and O–H groups in total. The first kappa shape index (κ1) is 22.7. The Balaban J connectivity index is 2.51. The van der Waals surface area contributed by atoms with Gasteiger partial charge >= 0.3 is 0 Å². The summed E-state index contributed by atoms with van der Waals surface area (Å²) in [6.07, 6.45) is -1.07. The molecule has 1 aromatic carbocycles. The molecular weight excluding hydrogens is 419 g/mol. The number of hydrogen-bond acceptors (Lipinski definition) is 6. The van der Waals surface area contributed by atoms with E-state index in [9.17, 15) is 22.4 Å². The normalized spacial score (nSPS) is 13.2. The second kappa shape index (κ2) is 8.82. The number of primary amides is 1. The molecule has 2 aromatic rings. The number of nitrogens with two attached hydrogens (primary N) is 3. The van der Waals surface area contributed by atoms with Crippen LogP contribution < -0.4 is 27.5 Å². The number of carbonyl (C=O) groups is 1. The lowest BCUT2D eigenvalue weighted by Gasteiger charge is -2.24. The second-order valence-electron chi connectivity index (χ2n) is 6.30. The average Bonchev–Trinajstić information content (AvgIpc) is 2.65. The van der Waals surface area contributed by atoms with Gasteiger partial charge in [0, 0.05) is 5.69 Å². The van der Waals surface area contributed by atoms with Crippen LogP contribution >= 0.6 is 0 Å². The highest BCUT2D eigenvalue weighted by atomic mass is 32.2. The van der Waals surface area contributed by atoms with Gasteiger partial charge < -0.3 is 22.0 Å². The van der Waals surface area contributed by atoms with E-state index in [2.05, 4.69) is 9.88 Å². The van der Waals surface area contributed by atoms with Crippen molar-refractivity contribution in [3.8, 4) is 0 Å². The van der Waals surface area contributed by atoms with Crippen LogP contribution in [0, 0.1) is 12.7 Å². The molecule has 0 aliphatic carbocycles. The molecule has 1 heterocycles. The number of amides is 1. The number of benzene rings is 1. The first-order chi connectivity index (χ1) is 13.9. The van der Waals surface area contributed by atoms with Crippen LogP contribution in [-0.2, 0) is 19.7 Å². The molecule has 0 fully saturated rings. The molecule has 1 amide bonds. The van der Waals surface area contributed by atoms with Gasteiger partial charge in [0.25, 0.3) is 15.6 Å². The summed E-state index contributed by atoms with van der Waals surface area (Å²) in [6.45, 7) is 2.91. The van der Waals surface area contributed by atoms with Gasteiger partial charge in [-0.2, -0.15) is 0 Å². The minimum Gasteiger partial charge on any atom is -0.387 e. The Hall–Kier alpha value is -3.61. The molecular formula is C17H21FN6O5S. The van der Waals surface area contributed by atoms with E-state index in [4.69, 9.17) is 22.0 Å². The number of nitrogens with zero attached hydrogens (tertiary/aromatic N) is 2. The Morgan fingerprint density at radius 2 is 1.90 bits per heavy atom. The van der Waals surface area contributed by atoms with E-state index < -0.39 is 45.4 Å². The maximum Gasteiger partial charge on any atom is 0.275 e. The molecule has 0 saturated heterocycles. The number of pyridine rings is 1. The van der Waals surface area contributed by atoms with Crippen molar-refractivity contribution in [1.82, 2.24) is 4.57 Å². The lowest BCUT2D eigenvalue weighted by molar-refractivity contribution is -0.125. The van der Waals surface area contributed by atoms with Crippen LogP contribution in [0.3, 0.4) is 0 Å². The maximum absolute atomic E-state index is 13.4. The van der Waals surface area contributed by atoms with Crippen molar-refractivity contribution in [3.05, 3.63) is 58.3 Å². The number of hydrogen-bond donors (Lipinski definition) is 4. The molecule has 0 spiro atoms. The van der Waals surface area contributed by atoms with E-state index in [1.54, 1.807) is 0 Å². The van der Waals surface area contributed by atoms with Gasteiger partial charge in [0.1, 0.15) is 11.5 Å². The highest BCUT2D eigenvalue weighted by Crippen LogP contribution is 2.19. The fourth-order valence-corrected chi connectivity index (χ4v) is 3.76. The monoisotopic (exact) mass is 440 g/mol. The maximum atomic E-state index is 13.4. The van der Waals surface area contributed by atoms with E-state index in [-0.39, 0.29) is 16.3 Å². The zero-order valence-electron chi connectivity index (χ0n) is 16.1. The van der Waals surface area contributed by atoms with Crippen LogP contribution in [0.5, 0.6) is 0 Å². The zero-order chi connectivity index (χ0) is 22.6. The van der Waals surface area contributed by atoms with Crippen LogP contribution in [0.25, 0.3) is 0 Å². The van der Waals surface area contributed by atoms with Gasteiger partial charge in [-0.05, 0) is 49.3 Å². The first-order valence-corrected chi connectivity index (χ1v) is 9.97. The van der Waals surface area contributed by atoms with E-state index in [1.165, 1.54) is 32.0 Å². The smallest absolute Gasteiger partial charge is 0.275 e. The van der Waals surface area contributed by atoms with E-state index in [0.717, 1.165) is 22.8 Å². The van der Waals surface area contributed by atoms with Crippen molar-refractivity contribution in [1.29, 1.82) is 0 Å². The summed E-state index contributed by atoms with van der Waals surface area (Å²) in [6, 6.07) is 5.50. The average molecular weight is 440 g/mol. The summed E-state index contributed by atoms with van der Waals surface area (Å²) < 4.78 is 41.5. The van der Waals surface area contributed by atoms with Crippen LogP contribution in [0.1, 0.15) is 18.7 Å². The minimum atomic E-state index is -4.28. The fraction of sp³-hybridized carbons (Fsp3) is 0.235. The summed E-state index contributed by atoms with van der Waals surface area (Å²) >= 11 is 0. The van der Waals surface area contributed by atoms with Crippen molar-refractivity contribution in [2.24, 2.45) is 22.4 Å². The SMILES string of the molecule is Cc1ccc(NS(=O)(=O)c2cccc(F)c2)c(=O)n1C(C(N)=O)C(C)ON=C(N)N. The molecule has 162 valence electrons. The van der Waals surface area contributed by atoms with Crippen LogP contribution in [0.2, 0.25) is 0 Å². The van der Waals surface area contributed by atoms with Crippen LogP contribution in [-0.4, -0.2) is 31.0 Å². The molecule has 0 bridgehead atoms. The van der Waals surface area contributed by atoms with Gasteiger partial charge in [-0.1, -0.05) is 6.07 Å². The molecule has 30 heavy (non-hydrogen) atoms. The van der Waals surface area contributed by atoms with Gasteiger partial charge in [0.15, 0.2) is 12.1 Å². The van der Waals surface area contributed by atoms with Crippen molar-refractivity contribution in [3.63, 3.8) is 0 Å². The number of aryl methyl sites for hydroxylation is 1. The number of oxime groups is 1. The third-order valence-electron chi connectivity index (χ3n) is 4.01. The highest BCUT2D eigenvalue weighted by Gasteiger charge is 2.30. The predicted octanol–water partition coefficient (Wildman–Crippen LogP) is -0.283. The van der Waals surface area contributed by atoms with Gasteiger partial charge in [-0.15, -0.1) is 0 Å². The third-order valence-corrected chi connectivity index (χ3v) is 5.37. The molecule has 0 aliphatic rings. The second-order valence-corrected chi connectivity index (χ2v) is 7.98. The van der Waals surface area contributed by atoms with Gasteiger partial charge in [0.2, 0.25) is 11.9 Å². The summed E-state index contributed by atoms with van der Waals surface area (Å²) in [5, 5.41) is 3.34. The topological polar surface area (TPSA) is 185 Å². The molecule has 0 aliphatic heterocycles. The quantitative estimate of drug-likeness (QED) is 0.247. The van der Waals surface area contributed by atoms with Crippen LogP contribution in [0.4, 0.5) is 10.1 Å². The minimum absolute atomic E-state index is 0.289. The third kappa shape index (κ3) is 5.05. The first-order valence-electron chi connectivity index (χ1n) is 8.48. The molecule has 0 saturated carbocycles. The Morgan fingerprint density at radius 1 is 1.23 bits per heavy atom. The summed E-state index contributed by atoms with van der Waals surface area (Å²) in [5.41, 5.74) is 14.8. The lowest BCUT2D eigenvalue weighted by Crippen LogP contribution is -2.42. The van der Waals surface area contributed by atoms with Crippen LogP contribution in [0.15, 0.2) is 51.2 Å². The summed E-state index contributed by atoms with van der Waals surface area (Å²) in [7, 11) is -4.28. The van der Waals surface area contributed by atoms with E-state index in [1.807, 2.05) is 0 Å². The Morgan fingerprint density at radius 3 is 2.47 bits per heavy atom. The van der Waals surface area contributed by atoms with E-state index >= 15 is 0 Å². The standard InChI is InChI=1S/C17H21FN6O5S/c1-9-6-7-13(23-30(27,28)12-5-3-4-11(18)8-12)16(26)24(9)14(15(19)25)10(2)29-22-17(20)21/h3-8,10,14,23H,1-2H3,(H2,19,25)(H4,20,21,22). The molecule has 0 radical (unpaired) electrons. The Labute approximate surface area is 171 Å². The molecule has 2 rings (SSSR count). The number of rotatable bonds is 8. The molecule has 11 nitrogen and oxygen atoms in total. The molecule has 2 atom stereocenters. The number of nitrogens with one attached hydrogen (secondary N) is 1. The van der Waals surface area contributed by atoms with Crippen molar-refractivity contribution in [2.45, 2.75) is 30.9 Å². The molecule has 1 aromatic heterocycles. The van der Waals surface area contributed by atoms with Gasteiger partial charge in [0.05, 0.1) is 4.90 Å². The lowest BCUT2D eigenvalue weighted by atomic mass is 10.1. The Kier molecular flexibility index (Phi) is 6.66. The number of halogens is 1. The van der Waals surface area contributed by atoms with E-state index in [0.29, 0.717) is 0 Å². The van der Waals surface area contributed by atoms with Crippen molar-refractivity contribution < 1.29 is 22.4 Å². The predicted molar refractivity (Wildman–Crippen MR) is 107 cm³/mol. The Bertz CT molecular complexity index is 1140. The largest absolute Gasteiger partial charge is 0.387 e.